The lowest BCUT2D eigenvalue weighted by molar-refractivity contribution is -0.129. The molecular formula is C11H14N3O. The van der Waals surface area contributed by atoms with E-state index >= 15 is 0 Å². The van der Waals surface area contributed by atoms with Crippen molar-refractivity contribution in [2.45, 2.75) is 6.92 Å². The van der Waals surface area contributed by atoms with Gasteiger partial charge in [-0.05, 0) is 6.07 Å². The Kier molecular flexibility index (Phi) is 2.85. The van der Waals surface area contributed by atoms with E-state index in [1.807, 2.05) is 11.0 Å². The van der Waals surface area contributed by atoms with Gasteiger partial charge in [0.2, 0.25) is 5.91 Å². The lowest BCUT2D eigenvalue weighted by Crippen LogP contribution is -2.48. The van der Waals surface area contributed by atoms with Gasteiger partial charge in [0.25, 0.3) is 0 Å². The molecule has 2 rings (SSSR count). The SMILES string of the molecule is CC(=O)N1CCN(c2[c]cncc2)CC1. The summed E-state index contributed by atoms with van der Waals surface area (Å²) in [6.07, 6.45) is 3.44. The van der Waals surface area contributed by atoms with Crippen molar-refractivity contribution in [1.82, 2.24) is 9.88 Å². The second-order valence-corrected chi connectivity index (χ2v) is 3.62. The maximum absolute atomic E-state index is 11.1. The third kappa shape index (κ3) is 2.26. The molecule has 0 N–H and O–H groups in total. The van der Waals surface area contributed by atoms with E-state index in [0.717, 1.165) is 31.9 Å². The normalized spacial score (nSPS) is 16.6. The molecule has 1 saturated heterocycles. The van der Waals surface area contributed by atoms with Crippen molar-refractivity contribution in [2.75, 3.05) is 31.1 Å². The Bertz CT molecular complexity index is 331. The molecule has 0 spiro atoms. The Hall–Kier alpha value is -1.58. The minimum absolute atomic E-state index is 0.161. The van der Waals surface area contributed by atoms with Gasteiger partial charge in [-0.2, -0.15) is 0 Å². The molecule has 1 radical (unpaired) electrons. The van der Waals surface area contributed by atoms with Crippen molar-refractivity contribution in [3.63, 3.8) is 0 Å². The summed E-state index contributed by atoms with van der Waals surface area (Å²) in [6.45, 7) is 4.96. The van der Waals surface area contributed by atoms with Gasteiger partial charge in [0.1, 0.15) is 0 Å². The summed E-state index contributed by atoms with van der Waals surface area (Å²) in [5, 5.41) is 0. The zero-order chi connectivity index (χ0) is 10.7. The van der Waals surface area contributed by atoms with Gasteiger partial charge >= 0.3 is 0 Å². The van der Waals surface area contributed by atoms with Crippen molar-refractivity contribution in [1.29, 1.82) is 0 Å². The molecule has 0 aromatic carbocycles. The van der Waals surface area contributed by atoms with E-state index in [1.165, 1.54) is 0 Å². The van der Waals surface area contributed by atoms with E-state index in [9.17, 15) is 4.79 Å². The van der Waals surface area contributed by atoms with Crippen LogP contribution in [-0.4, -0.2) is 42.0 Å². The molecule has 1 aromatic heterocycles. The fourth-order valence-corrected chi connectivity index (χ4v) is 1.77. The Balaban J connectivity index is 1.97. The number of pyridine rings is 1. The van der Waals surface area contributed by atoms with Crippen LogP contribution in [0.1, 0.15) is 6.92 Å². The minimum Gasteiger partial charge on any atom is -0.367 e. The van der Waals surface area contributed by atoms with Crippen LogP contribution in [0.25, 0.3) is 0 Å². The average Bonchev–Trinajstić information content (AvgIpc) is 2.30. The number of carbonyl (C=O) groups excluding carboxylic acids is 1. The maximum Gasteiger partial charge on any atom is 0.219 e. The number of amides is 1. The fourth-order valence-electron chi connectivity index (χ4n) is 1.77. The molecule has 0 atom stereocenters. The summed E-state index contributed by atoms with van der Waals surface area (Å²) in [5.41, 5.74) is 1.06. The fraction of sp³-hybridized carbons (Fsp3) is 0.455. The van der Waals surface area contributed by atoms with Crippen LogP contribution in [0.2, 0.25) is 0 Å². The highest BCUT2D eigenvalue weighted by Crippen LogP contribution is 2.13. The molecule has 4 nitrogen and oxygen atoms in total. The minimum atomic E-state index is 0.161. The van der Waals surface area contributed by atoms with Crippen LogP contribution in [0.15, 0.2) is 18.5 Å². The molecule has 1 aromatic rings. The van der Waals surface area contributed by atoms with E-state index < -0.39 is 0 Å². The van der Waals surface area contributed by atoms with Crippen LogP contribution < -0.4 is 4.90 Å². The number of hydrogen-bond acceptors (Lipinski definition) is 3. The van der Waals surface area contributed by atoms with E-state index in [4.69, 9.17) is 0 Å². The molecule has 79 valence electrons. The smallest absolute Gasteiger partial charge is 0.219 e. The molecule has 2 heterocycles. The van der Waals surface area contributed by atoms with Crippen molar-refractivity contribution >= 4 is 11.6 Å². The number of hydrogen-bond donors (Lipinski definition) is 0. The van der Waals surface area contributed by atoms with Crippen LogP contribution in [0.3, 0.4) is 0 Å². The topological polar surface area (TPSA) is 36.4 Å². The maximum atomic E-state index is 11.1. The number of anilines is 1. The van der Waals surface area contributed by atoms with Crippen LogP contribution >= 0.6 is 0 Å². The summed E-state index contributed by atoms with van der Waals surface area (Å²) >= 11 is 0. The summed E-state index contributed by atoms with van der Waals surface area (Å²) < 4.78 is 0. The highest BCUT2D eigenvalue weighted by Gasteiger charge is 2.18. The van der Waals surface area contributed by atoms with Crippen molar-refractivity contribution in [3.8, 4) is 0 Å². The number of piperazine rings is 1. The Labute approximate surface area is 89.5 Å². The van der Waals surface area contributed by atoms with Gasteiger partial charge in [0, 0.05) is 57.3 Å². The predicted molar refractivity (Wildman–Crippen MR) is 57.5 cm³/mol. The average molecular weight is 204 g/mol. The standard InChI is InChI=1S/C11H14N3O/c1-10(15)13-6-8-14(9-7-13)11-2-4-12-5-3-11/h2,4-5H,6-9H2,1H3. The molecule has 1 amide bonds. The molecule has 1 aliphatic rings. The van der Waals surface area contributed by atoms with E-state index in [-0.39, 0.29) is 5.91 Å². The molecule has 0 bridgehead atoms. The first-order valence-electron chi connectivity index (χ1n) is 5.09. The summed E-state index contributed by atoms with van der Waals surface area (Å²) in [4.78, 5) is 19.2. The van der Waals surface area contributed by atoms with Gasteiger partial charge in [-0.25, -0.2) is 0 Å². The van der Waals surface area contributed by atoms with Gasteiger partial charge in [0.05, 0.1) is 0 Å². The summed E-state index contributed by atoms with van der Waals surface area (Å²) in [7, 11) is 0. The van der Waals surface area contributed by atoms with Gasteiger partial charge < -0.3 is 9.80 Å². The number of nitrogens with zero attached hydrogens (tertiary/aromatic N) is 3. The first-order valence-corrected chi connectivity index (χ1v) is 5.09. The molecule has 0 unspecified atom stereocenters. The van der Waals surface area contributed by atoms with Crippen LogP contribution in [0.4, 0.5) is 5.69 Å². The second-order valence-electron chi connectivity index (χ2n) is 3.62. The molecule has 1 fully saturated rings. The van der Waals surface area contributed by atoms with Crippen molar-refractivity contribution < 1.29 is 4.79 Å². The van der Waals surface area contributed by atoms with E-state index in [0.29, 0.717) is 0 Å². The van der Waals surface area contributed by atoms with Gasteiger partial charge in [-0.15, -0.1) is 0 Å². The highest BCUT2D eigenvalue weighted by atomic mass is 16.2. The Morgan fingerprint density at radius 1 is 1.40 bits per heavy atom. The number of carbonyl (C=O) groups is 1. The van der Waals surface area contributed by atoms with E-state index in [1.54, 1.807) is 19.3 Å². The number of rotatable bonds is 1. The summed E-state index contributed by atoms with van der Waals surface area (Å²) in [6, 6.07) is 5.04. The van der Waals surface area contributed by atoms with E-state index in [2.05, 4.69) is 16.0 Å². The first kappa shape index (κ1) is 9.96. The van der Waals surface area contributed by atoms with Gasteiger partial charge in [0.15, 0.2) is 0 Å². The molecule has 1 aliphatic heterocycles. The first-order chi connectivity index (χ1) is 7.27. The third-order valence-electron chi connectivity index (χ3n) is 2.67. The highest BCUT2D eigenvalue weighted by molar-refractivity contribution is 5.73. The second kappa shape index (κ2) is 4.29. The van der Waals surface area contributed by atoms with Crippen molar-refractivity contribution in [3.05, 3.63) is 24.5 Å². The zero-order valence-corrected chi connectivity index (χ0v) is 8.81. The lowest BCUT2D eigenvalue weighted by atomic mass is 10.2. The summed E-state index contributed by atoms with van der Waals surface area (Å²) in [5.74, 6) is 0.161. The van der Waals surface area contributed by atoms with Gasteiger partial charge in [-0.3, -0.25) is 9.78 Å². The zero-order valence-electron chi connectivity index (χ0n) is 8.81. The van der Waals surface area contributed by atoms with Crippen molar-refractivity contribution in [2.24, 2.45) is 0 Å². The monoisotopic (exact) mass is 204 g/mol. The molecule has 15 heavy (non-hydrogen) atoms. The molecule has 0 saturated carbocycles. The van der Waals surface area contributed by atoms with Crippen LogP contribution in [-0.2, 0) is 4.79 Å². The number of aromatic nitrogens is 1. The molecule has 0 aliphatic carbocycles. The third-order valence-corrected chi connectivity index (χ3v) is 2.67. The quantitative estimate of drug-likeness (QED) is 0.670. The lowest BCUT2D eigenvalue weighted by Gasteiger charge is -2.35. The largest absolute Gasteiger partial charge is 0.367 e. The van der Waals surface area contributed by atoms with Gasteiger partial charge in [-0.1, -0.05) is 0 Å². The van der Waals surface area contributed by atoms with Crippen LogP contribution in [0.5, 0.6) is 0 Å². The van der Waals surface area contributed by atoms with Crippen LogP contribution in [0, 0.1) is 6.07 Å². The molecular weight excluding hydrogens is 190 g/mol. The Morgan fingerprint density at radius 3 is 2.67 bits per heavy atom. The molecule has 4 heteroatoms. The Morgan fingerprint density at radius 2 is 2.13 bits per heavy atom. The predicted octanol–water partition coefficient (Wildman–Crippen LogP) is 0.550.